The van der Waals surface area contributed by atoms with Crippen molar-refractivity contribution in [1.29, 1.82) is 0 Å². The van der Waals surface area contributed by atoms with Crippen LogP contribution in [-0.4, -0.2) is 17.4 Å². The van der Waals surface area contributed by atoms with Gasteiger partial charge in [-0.1, -0.05) is 30.5 Å². The molecule has 1 aliphatic carbocycles. The van der Waals surface area contributed by atoms with Crippen LogP contribution in [0.3, 0.4) is 0 Å². The zero-order valence-corrected chi connectivity index (χ0v) is 9.83. The Bertz CT molecular complexity index is 375. The average molecular weight is 239 g/mol. The number of carbonyl (C=O) groups is 1. The lowest BCUT2D eigenvalue weighted by Gasteiger charge is -2.10. The summed E-state index contributed by atoms with van der Waals surface area (Å²) >= 11 is 5.73. The van der Waals surface area contributed by atoms with Gasteiger partial charge in [0.15, 0.2) is 0 Å². The standard InChI is InChI=1S/C12H15ClN2O/c13-11-7-3-6-10(15-11)12(16)14-8-9-4-1-2-5-9/h3,6-7,9H,1-2,4-5,8H2,(H,14,16). The summed E-state index contributed by atoms with van der Waals surface area (Å²) in [6.45, 7) is 0.757. The van der Waals surface area contributed by atoms with E-state index in [0.29, 0.717) is 16.8 Å². The summed E-state index contributed by atoms with van der Waals surface area (Å²) in [5, 5.41) is 3.26. The quantitative estimate of drug-likeness (QED) is 0.823. The van der Waals surface area contributed by atoms with E-state index in [1.165, 1.54) is 25.7 Å². The van der Waals surface area contributed by atoms with E-state index in [-0.39, 0.29) is 5.91 Å². The molecule has 1 aromatic heterocycles. The van der Waals surface area contributed by atoms with E-state index in [2.05, 4.69) is 10.3 Å². The van der Waals surface area contributed by atoms with Gasteiger partial charge in [-0.05, 0) is 30.9 Å². The zero-order valence-electron chi connectivity index (χ0n) is 9.08. The van der Waals surface area contributed by atoms with Gasteiger partial charge in [-0.15, -0.1) is 0 Å². The third-order valence-corrected chi connectivity index (χ3v) is 3.18. The summed E-state index contributed by atoms with van der Waals surface area (Å²) in [6, 6.07) is 5.07. The molecule has 0 atom stereocenters. The highest BCUT2D eigenvalue weighted by Crippen LogP contribution is 2.23. The molecule has 1 fully saturated rings. The Hall–Kier alpha value is -1.09. The topological polar surface area (TPSA) is 42.0 Å². The normalized spacial score (nSPS) is 16.3. The summed E-state index contributed by atoms with van der Waals surface area (Å²) in [4.78, 5) is 15.7. The molecule has 0 saturated heterocycles. The second-order valence-corrected chi connectivity index (χ2v) is 4.59. The molecule has 1 heterocycles. The summed E-state index contributed by atoms with van der Waals surface area (Å²) in [7, 11) is 0. The van der Waals surface area contributed by atoms with Gasteiger partial charge >= 0.3 is 0 Å². The Morgan fingerprint density at radius 3 is 2.88 bits per heavy atom. The molecular weight excluding hydrogens is 224 g/mol. The molecule has 0 spiro atoms. The molecule has 0 aromatic carbocycles. The maximum Gasteiger partial charge on any atom is 0.269 e. The van der Waals surface area contributed by atoms with Crippen LogP contribution in [0.2, 0.25) is 5.15 Å². The van der Waals surface area contributed by atoms with Crippen molar-refractivity contribution in [2.45, 2.75) is 25.7 Å². The zero-order chi connectivity index (χ0) is 11.4. The van der Waals surface area contributed by atoms with Crippen LogP contribution >= 0.6 is 11.6 Å². The van der Waals surface area contributed by atoms with Crippen molar-refractivity contribution in [1.82, 2.24) is 10.3 Å². The molecule has 86 valence electrons. The van der Waals surface area contributed by atoms with Crippen LogP contribution in [0.1, 0.15) is 36.2 Å². The molecule has 3 nitrogen and oxygen atoms in total. The fraction of sp³-hybridized carbons (Fsp3) is 0.500. The lowest BCUT2D eigenvalue weighted by molar-refractivity contribution is 0.0942. The number of hydrogen-bond acceptors (Lipinski definition) is 2. The minimum Gasteiger partial charge on any atom is -0.350 e. The van der Waals surface area contributed by atoms with Crippen molar-refractivity contribution < 1.29 is 4.79 Å². The number of hydrogen-bond donors (Lipinski definition) is 1. The van der Waals surface area contributed by atoms with E-state index < -0.39 is 0 Å². The van der Waals surface area contributed by atoms with Gasteiger partial charge in [-0.2, -0.15) is 0 Å². The molecule has 16 heavy (non-hydrogen) atoms. The van der Waals surface area contributed by atoms with Crippen LogP contribution in [0.4, 0.5) is 0 Å². The predicted octanol–water partition coefficient (Wildman–Crippen LogP) is 2.66. The molecular formula is C12H15ClN2O. The Morgan fingerprint density at radius 2 is 2.19 bits per heavy atom. The number of nitrogens with zero attached hydrogens (tertiary/aromatic N) is 1. The SMILES string of the molecule is O=C(NCC1CCCC1)c1cccc(Cl)n1. The maximum atomic E-state index is 11.7. The Kier molecular flexibility index (Phi) is 3.78. The minimum absolute atomic E-state index is 0.130. The number of carbonyl (C=O) groups excluding carboxylic acids is 1. The average Bonchev–Trinajstić information content (AvgIpc) is 2.78. The van der Waals surface area contributed by atoms with Crippen molar-refractivity contribution in [3.63, 3.8) is 0 Å². The molecule has 0 aliphatic heterocycles. The first-order valence-corrected chi connectivity index (χ1v) is 6.04. The van der Waals surface area contributed by atoms with Gasteiger partial charge < -0.3 is 5.32 Å². The van der Waals surface area contributed by atoms with Crippen LogP contribution in [-0.2, 0) is 0 Å². The summed E-state index contributed by atoms with van der Waals surface area (Å²) in [5.74, 6) is 0.512. The second-order valence-electron chi connectivity index (χ2n) is 4.21. The predicted molar refractivity (Wildman–Crippen MR) is 63.5 cm³/mol. The Balaban J connectivity index is 1.87. The monoisotopic (exact) mass is 238 g/mol. The van der Waals surface area contributed by atoms with Gasteiger partial charge in [0.05, 0.1) is 0 Å². The number of nitrogens with one attached hydrogen (secondary N) is 1. The van der Waals surface area contributed by atoms with E-state index in [9.17, 15) is 4.79 Å². The first-order valence-electron chi connectivity index (χ1n) is 5.66. The van der Waals surface area contributed by atoms with Crippen molar-refractivity contribution in [2.75, 3.05) is 6.54 Å². The highest BCUT2D eigenvalue weighted by Gasteiger charge is 2.16. The molecule has 4 heteroatoms. The molecule has 2 rings (SSSR count). The van der Waals surface area contributed by atoms with E-state index in [1.54, 1.807) is 18.2 Å². The number of halogens is 1. The van der Waals surface area contributed by atoms with Crippen LogP contribution in [0, 0.1) is 5.92 Å². The van der Waals surface area contributed by atoms with Crippen molar-refractivity contribution in [2.24, 2.45) is 5.92 Å². The summed E-state index contributed by atoms with van der Waals surface area (Å²) in [6.07, 6.45) is 5.03. The fourth-order valence-corrected chi connectivity index (χ4v) is 2.24. The van der Waals surface area contributed by atoms with E-state index in [0.717, 1.165) is 6.54 Å². The third-order valence-electron chi connectivity index (χ3n) is 2.97. The first kappa shape index (κ1) is 11.4. The number of pyridine rings is 1. The maximum absolute atomic E-state index is 11.7. The van der Waals surface area contributed by atoms with Crippen LogP contribution in [0.5, 0.6) is 0 Å². The molecule has 1 saturated carbocycles. The molecule has 0 radical (unpaired) electrons. The van der Waals surface area contributed by atoms with Crippen LogP contribution in [0.15, 0.2) is 18.2 Å². The van der Waals surface area contributed by atoms with Crippen LogP contribution in [0.25, 0.3) is 0 Å². The first-order chi connectivity index (χ1) is 7.75. The number of rotatable bonds is 3. The summed E-state index contributed by atoms with van der Waals surface area (Å²) in [5.41, 5.74) is 0.394. The summed E-state index contributed by atoms with van der Waals surface area (Å²) < 4.78 is 0. The second kappa shape index (κ2) is 5.30. The largest absolute Gasteiger partial charge is 0.350 e. The molecule has 0 unspecified atom stereocenters. The van der Waals surface area contributed by atoms with E-state index >= 15 is 0 Å². The van der Waals surface area contributed by atoms with Gasteiger partial charge in [0, 0.05) is 6.54 Å². The van der Waals surface area contributed by atoms with Gasteiger partial charge in [0.2, 0.25) is 0 Å². The number of amides is 1. The lowest BCUT2D eigenvalue weighted by atomic mass is 10.1. The molecule has 1 aromatic rings. The van der Waals surface area contributed by atoms with Gasteiger partial charge in [0.25, 0.3) is 5.91 Å². The molecule has 1 amide bonds. The van der Waals surface area contributed by atoms with Crippen LogP contribution < -0.4 is 5.32 Å². The Morgan fingerprint density at radius 1 is 1.44 bits per heavy atom. The fourth-order valence-electron chi connectivity index (χ4n) is 2.08. The minimum atomic E-state index is -0.130. The number of aromatic nitrogens is 1. The van der Waals surface area contributed by atoms with Crippen molar-refractivity contribution in [3.05, 3.63) is 29.0 Å². The Labute approximate surface area is 100 Å². The van der Waals surface area contributed by atoms with Crippen molar-refractivity contribution >= 4 is 17.5 Å². The molecule has 1 N–H and O–H groups in total. The van der Waals surface area contributed by atoms with Gasteiger partial charge in [-0.25, -0.2) is 4.98 Å². The lowest BCUT2D eigenvalue weighted by Crippen LogP contribution is -2.28. The van der Waals surface area contributed by atoms with Crippen molar-refractivity contribution in [3.8, 4) is 0 Å². The van der Waals surface area contributed by atoms with Gasteiger partial charge in [-0.3, -0.25) is 4.79 Å². The highest BCUT2D eigenvalue weighted by atomic mass is 35.5. The van der Waals surface area contributed by atoms with E-state index in [4.69, 9.17) is 11.6 Å². The third kappa shape index (κ3) is 2.95. The van der Waals surface area contributed by atoms with E-state index in [1.807, 2.05) is 0 Å². The van der Waals surface area contributed by atoms with Gasteiger partial charge in [0.1, 0.15) is 10.8 Å². The molecule has 1 aliphatic rings. The molecule has 0 bridgehead atoms. The highest BCUT2D eigenvalue weighted by molar-refractivity contribution is 6.29. The smallest absolute Gasteiger partial charge is 0.269 e.